The molecule has 0 saturated carbocycles. The molecule has 1 N–H and O–H groups in total. The molecule has 0 amide bonds. The maximum atomic E-state index is 11.3. The molecule has 24 heavy (non-hydrogen) atoms. The monoisotopic (exact) mass is 369 g/mol. The number of hydrogen-bond donors (Lipinski definition) is 1. The minimum absolute atomic E-state index is 0.0810. The second-order valence-corrected chi connectivity index (χ2v) is 6.38. The SMILES string of the molecule is COC(=O)CN/C=C(/C(=S)N(C)CCN(C)C)c1ccc(Cl)cc1. The lowest BCUT2D eigenvalue weighted by atomic mass is 10.1. The van der Waals surface area contributed by atoms with Gasteiger partial charge in [-0.25, -0.2) is 0 Å². The Morgan fingerprint density at radius 1 is 1.25 bits per heavy atom. The molecule has 0 aromatic heterocycles. The lowest BCUT2D eigenvalue weighted by molar-refractivity contribution is -0.139. The highest BCUT2D eigenvalue weighted by molar-refractivity contribution is 7.81. The molecular weight excluding hydrogens is 346 g/mol. The van der Waals surface area contributed by atoms with Crippen molar-refractivity contribution in [1.29, 1.82) is 0 Å². The van der Waals surface area contributed by atoms with Crippen molar-refractivity contribution < 1.29 is 9.53 Å². The van der Waals surface area contributed by atoms with E-state index in [0.717, 1.165) is 24.2 Å². The number of rotatable bonds is 8. The van der Waals surface area contributed by atoms with E-state index in [4.69, 9.17) is 23.8 Å². The Bertz CT molecular complexity index is 588. The molecule has 0 aliphatic heterocycles. The summed E-state index contributed by atoms with van der Waals surface area (Å²) in [6.45, 7) is 1.77. The van der Waals surface area contributed by atoms with E-state index in [0.29, 0.717) is 10.0 Å². The number of thiocarbonyl (C=S) groups is 1. The van der Waals surface area contributed by atoms with Gasteiger partial charge in [0.2, 0.25) is 0 Å². The Balaban J connectivity index is 2.95. The van der Waals surface area contributed by atoms with Gasteiger partial charge in [0.1, 0.15) is 11.5 Å². The smallest absolute Gasteiger partial charge is 0.325 e. The molecule has 0 saturated heterocycles. The zero-order valence-corrected chi connectivity index (χ0v) is 16.1. The van der Waals surface area contributed by atoms with Crippen LogP contribution in [0.3, 0.4) is 0 Å². The van der Waals surface area contributed by atoms with Gasteiger partial charge in [0.25, 0.3) is 0 Å². The average Bonchev–Trinajstić information content (AvgIpc) is 2.56. The summed E-state index contributed by atoms with van der Waals surface area (Å²) in [5.74, 6) is -0.339. The predicted molar refractivity (Wildman–Crippen MR) is 103 cm³/mol. The van der Waals surface area contributed by atoms with Crippen molar-refractivity contribution in [3.8, 4) is 0 Å². The fourth-order valence-corrected chi connectivity index (χ4v) is 2.26. The molecule has 0 aliphatic carbocycles. The van der Waals surface area contributed by atoms with E-state index >= 15 is 0 Å². The maximum Gasteiger partial charge on any atom is 0.325 e. The molecule has 132 valence electrons. The molecule has 0 radical (unpaired) electrons. The number of nitrogens with one attached hydrogen (secondary N) is 1. The highest BCUT2D eigenvalue weighted by Gasteiger charge is 2.13. The Morgan fingerprint density at radius 2 is 1.88 bits per heavy atom. The van der Waals surface area contributed by atoms with E-state index in [2.05, 4.69) is 15.0 Å². The topological polar surface area (TPSA) is 44.8 Å². The van der Waals surface area contributed by atoms with E-state index in [1.165, 1.54) is 7.11 Å². The van der Waals surface area contributed by atoms with Gasteiger partial charge in [-0.1, -0.05) is 36.0 Å². The molecule has 5 nitrogen and oxygen atoms in total. The number of methoxy groups -OCH3 is 1. The summed E-state index contributed by atoms with van der Waals surface area (Å²) in [6, 6.07) is 7.43. The maximum absolute atomic E-state index is 11.3. The summed E-state index contributed by atoms with van der Waals surface area (Å²) in [5.41, 5.74) is 1.75. The quantitative estimate of drug-likeness (QED) is 0.431. The largest absolute Gasteiger partial charge is 0.468 e. The molecule has 0 aliphatic rings. The summed E-state index contributed by atoms with van der Waals surface area (Å²) < 4.78 is 4.63. The van der Waals surface area contributed by atoms with Crippen LogP contribution < -0.4 is 5.32 Å². The molecule has 1 rings (SSSR count). The van der Waals surface area contributed by atoms with Gasteiger partial charge in [0.15, 0.2) is 0 Å². The van der Waals surface area contributed by atoms with Crippen LogP contribution in [-0.2, 0) is 9.53 Å². The number of hydrogen-bond acceptors (Lipinski definition) is 5. The summed E-state index contributed by atoms with van der Waals surface area (Å²) in [6.07, 6.45) is 1.74. The fraction of sp³-hybridized carbons (Fsp3) is 0.412. The first kappa shape index (κ1) is 20.4. The summed E-state index contributed by atoms with van der Waals surface area (Å²) >= 11 is 11.6. The molecular formula is C17H24ClN3O2S. The van der Waals surface area contributed by atoms with Gasteiger partial charge in [-0.3, -0.25) is 4.79 Å². The van der Waals surface area contributed by atoms with Crippen LogP contribution in [0.2, 0.25) is 5.02 Å². The van der Waals surface area contributed by atoms with Crippen molar-refractivity contribution in [2.45, 2.75) is 0 Å². The number of nitrogens with zero attached hydrogens (tertiary/aromatic N) is 2. The van der Waals surface area contributed by atoms with Crippen molar-refractivity contribution in [2.75, 3.05) is 47.9 Å². The third-order valence-electron chi connectivity index (χ3n) is 3.34. The summed E-state index contributed by atoms with van der Waals surface area (Å²) in [4.78, 5) is 16.1. The van der Waals surface area contributed by atoms with Crippen LogP contribution in [0.25, 0.3) is 5.57 Å². The van der Waals surface area contributed by atoms with Crippen LogP contribution in [0, 0.1) is 0 Å². The Hall–Kier alpha value is -1.63. The van der Waals surface area contributed by atoms with Gasteiger partial charge in [0.05, 0.1) is 7.11 Å². The predicted octanol–water partition coefficient (Wildman–Crippen LogP) is 2.26. The van der Waals surface area contributed by atoms with Gasteiger partial charge >= 0.3 is 5.97 Å². The Morgan fingerprint density at radius 3 is 2.42 bits per heavy atom. The van der Waals surface area contributed by atoms with Gasteiger partial charge in [-0.2, -0.15) is 0 Å². The van der Waals surface area contributed by atoms with Crippen LogP contribution in [-0.4, -0.2) is 68.6 Å². The zero-order chi connectivity index (χ0) is 18.1. The van der Waals surface area contributed by atoms with Crippen molar-refractivity contribution in [3.63, 3.8) is 0 Å². The molecule has 0 atom stereocenters. The van der Waals surface area contributed by atoms with E-state index < -0.39 is 0 Å². The molecule has 0 fully saturated rings. The Labute approximate surface area is 154 Å². The number of benzene rings is 1. The number of ether oxygens (including phenoxy) is 1. The van der Waals surface area contributed by atoms with Crippen LogP contribution in [0.15, 0.2) is 30.5 Å². The zero-order valence-electron chi connectivity index (χ0n) is 14.5. The third-order valence-corrected chi connectivity index (χ3v) is 4.12. The minimum Gasteiger partial charge on any atom is -0.468 e. The third kappa shape index (κ3) is 6.86. The highest BCUT2D eigenvalue weighted by atomic mass is 35.5. The van der Waals surface area contributed by atoms with Gasteiger partial charge in [-0.15, -0.1) is 0 Å². The number of carbonyl (C=O) groups excluding carboxylic acids is 1. The van der Waals surface area contributed by atoms with Gasteiger partial charge in [0, 0.05) is 36.9 Å². The molecule has 0 heterocycles. The average molecular weight is 370 g/mol. The standard InChI is InChI=1S/C17H24ClN3O2S/c1-20(2)9-10-21(3)17(24)15(11-19-12-16(22)23-4)13-5-7-14(18)8-6-13/h5-8,11,19H,9-10,12H2,1-4H3/b15-11+. The van der Waals surface area contributed by atoms with Gasteiger partial charge in [-0.05, 0) is 31.8 Å². The number of carbonyl (C=O) groups is 1. The molecule has 7 heteroatoms. The first-order valence-corrected chi connectivity index (χ1v) is 8.30. The second-order valence-electron chi connectivity index (χ2n) is 5.55. The molecule has 0 bridgehead atoms. The van der Waals surface area contributed by atoms with Crippen LogP contribution in [0.4, 0.5) is 0 Å². The number of esters is 1. The van der Waals surface area contributed by atoms with Gasteiger partial charge < -0.3 is 19.9 Å². The van der Waals surface area contributed by atoms with Crippen molar-refractivity contribution >= 4 is 40.3 Å². The van der Waals surface area contributed by atoms with Crippen molar-refractivity contribution in [1.82, 2.24) is 15.1 Å². The van der Waals surface area contributed by atoms with E-state index in [-0.39, 0.29) is 12.5 Å². The van der Waals surface area contributed by atoms with E-state index in [9.17, 15) is 4.79 Å². The van der Waals surface area contributed by atoms with Crippen molar-refractivity contribution in [3.05, 3.63) is 41.1 Å². The molecule has 1 aromatic carbocycles. The summed E-state index contributed by atoms with van der Waals surface area (Å²) in [7, 11) is 7.35. The summed E-state index contributed by atoms with van der Waals surface area (Å²) in [5, 5.41) is 3.62. The lowest BCUT2D eigenvalue weighted by Crippen LogP contribution is -2.33. The fourth-order valence-electron chi connectivity index (χ4n) is 1.86. The minimum atomic E-state index is -0.339. The molecule has 0 unspecified atom stereocenters. The highest BCUT2D eigenvalue weighted by Crippen LogP contribution is 2.20. The van der Waals surface area contributed by atoms with E-state index in [1.807, 2.05) is 50.3 Å². The van der Waals surface area contributed by atoms with Crippen molar-refractivity contribution in [2.24, 2.45) is 0 Å². The second kappa shape index (κ2) is 10.3. The van der Waals surface area contributed by atoms with Crippen LogP contribution >= 0.6 is 23.8 Å². The van der Waals surface area contributed by atoms with Crippen LogP contribution in [0.5, 0.6) is 0 Å². The Kier molecular flexibility index (Phi) is 8.74. The number of likely N-dealkylation sites (N-methyl/N-ethyl adjacent to an activating group) is 2. The first-order chi connectivity index (χ1) is 11.3. The molecule has 1 aromatic rings. The molecule has 0 spiro atoms. The van der Waals surface area contributed by atoms with E-state index in [1.54, 1.807) is 6.20 Å². The normalized spacial score (nSPS) is 11.3. The number of halogens is 1. The lowest BCUT2D eigenvalue weighted by Gasteiger charge is -2.24. The van der Waals surface area contributed by atoms with Crippen LogP contribution in [0.1, 0.15) is 5.56 Å². The first-order valence-electron chi connectivity index (χ1n) is 7.51.